The molecule has 24 heavy (non-hydrogen) atoms. The van der Waals surface area contributed by atoms with Crippen molar-refractivity contribution in [3.8, 4) is 0 Å². The van der Waals surface area contributed by atoms with E-state index < -0.39 is 17.7 Å². The molecular weight excluding hydrogens is 312 g/mol. The molecular formula is C18H18O6. The first-order valence-electron chi connectivity index (χ1n) is 7.35. The van der Waals surface area contributed by atoms with E-state index in [4.69, 9.17) is 14.2 Å². The molecule has 0 saturated heterocycles. The van der Waals surface area contributed by atoms with Crippen LogP contribution < -0.4 is 0 Å². The van der Waals surface area contributed by atoms with Crippen LogP contribution in [0.3, 0.4) is 0 Å². The molecule has 1 aliphatic rings. The maximum absolute atomic E-state index is 12.0. The number of carbonyl (C=O) groups excluding carboxylic acids is 3. The summed E-state index contributed by atoms with van der Waals surface area (Å²) < 4.78 is 16.1. The summed E-state index contributed by atoms with van der Waals surface area (Å²) in [5.41, 5.74) is 1.05. The van der Waals surface area contributed by atoms with Crippen molar-refractivity contribution in [3.63, 3.8) is 0 Å². The van der Waals surface area contributed by atoms with Crippen LogP contribution in [0.25, 0.3) is 0 Å². The number of benzene rings is 1. The van der Waals surface area contributed by atoms with E-state index in [0.717, 1.165) is 5.56 Å². The Labute approximate surface area is 139 Å². The van der Waals surface area contributed by atoms with E-state index in [1.807, 2.05) is 30.3 Å². The molecule has 6 nitrogen and oxygen atoms in total. The molecule has 1 aromatic rings. The lowest BCUT2D eigenvalue weighted by atomic mass is 9.99. The Kier molecular flexibility index (Phi) is 5.18. The van der Waals surface area contributed by atoms with E-state index in [-0.39, 0.29) is 23.7 Å². The van der Waals surface area contributed by atoms with Gasteiger partial charge in [-0.3, -0.25) is 14.4 Å². The third kappa shape index (κ3) is 3.90. The molecule has 0 unspecified atom stereocenters. The highest BCUT2D eigenvalue weighted by Crippen LogP contribution is 2.34. The van der Waals surface area contributed by atoms with Crippen molar-refractivity contribution in [3.05, 3.63) is 59.4 Å². The van der Waals surface area contributed by atoms with Crippen LogP contribution in [0, 0.1) is 0 Å². The first kappa shape index (κ1) is 17.5. The predicted molar refractivity (Wildman–Crippen MR) is 84.3 cm³/mol. The maximum Gasteiger partial charge on any atom is 0.336 e. The third-order valence-electron chi connectivity index (χ3n) is 3.30. The van der Waals surface area contributed by atoms with Gasteiger partial charge in [0.15, 0.2) is 11.5 Å². The molecule has 0 amide bonds. The average molecular weight is 330 g/mol. The molecule has 0 heterocycles. The summed E-state index contributed by atoms with van der Waals surface area (Å²) in [5.74, 6) is -3.55. The molecule has 1 aliphatic carbocycles. The van der Waals surface area contributed by atoms with Gasteiger partial charge in [-0.05, 0) is 18.6 Å². The Balaban J connectivity index is 2.38. The first-order valence-corrected chi connectivity index (χ1v) is 7.35. The minimum Gasteiger partial charge on any atom is -0.484 e. The highest BCUT2D eigenvalue weighted by atomic mass is 16.7. The first-order chi connectivity index (χ1) is 11.3. The van der Waals surface area contributed by atoms with Crippen LogP contribution in [0.15, 0.2) is 53.8 Å². The molecule has 126 valence electrons. The Morgan fingerprint density at radius 1 is 1.04 bits per heavy atom. The van der Waals surface area contributed by atoms with Gasteiger partial charge in [-0.15, -0.1) is 0 Å². The van der Waals surface area contributed by atoms with Gasteiger partial charge in [0, 0.05) is 25.5 Å². The van der Waals surface area contributed by atoms with Crippen LogP contribution in [0.2, 0.25) is 0 Å². The minimum atomic E-state index is -1.87. The molecule has 0 saturated carbocycles. The second kappa shape index (κ2) is 7.12. The van der Waals surface area contributed by atoms with Gasteiger partial charge in [0.05, 0.1) is 0 Å². The van der Waals surface area contributed by atoms with Crippen molar-refractivity contribution in [1.29, 1.82) is 0 Å². The fourth-order valence-electron chi connectivity index (χ4n) is 2.31. The summed E-state index contributed by atoms with van der Waals surface area (Å²) in [5, 5.41) is 0. The lowest BCUT2D eigenvalue weighted by Gasteiger charge is -2.33. The lowest BCUT2D eigenvalue weighted by Crippen LogP contribution is -2.43. The monoisotopic (exact) mass is 330 g/mol. The van der Waals surface area contributed by atoms with Crippen LogP contribution >= 0.6 is 0 Å². The fourth-order valence-corrected chi connectivity index (χ4v) is 2.31. The molecule has 6 heteroatoms. The van der Waals surface area contributed by atoms with Gasteiger partial charge in [0.2, 0.25) is 0 Å². The second-order valence-corrected chi connectivity index (χ2v) is 5.28. The van der Waals surface area contributed by atoms with Crippen molar-refractivity contribution in [2.45, 2.75) is 33.2 Å². The van der Waals surface area contributed by atoms with Crippen LogP contribution in [-0.4, -0.2) is 23.5 Å². The molecule has 0 aliphatic heterocycles. The van der Waals surface area contributed by atoms with Crippen molar-refractivity contribution >= 4 is 17.7 Å². The SMILES string of the molecule is CC(=O)OC1(OC(C)=O)C=CC(=O)C(C)=C1OCc1ccccc1. The van der Waals surface area contributed by atoms with E-state index in [1.54, 1.807) is 0 Å². The predicted octanol–water partition coefficient (Wildman–Crippen LogP) is 2.44. The van der Waals surface area contributed by atoms with Gasteiger partial charge >= 0.3 is 17.7 Å². The molecule has 0 radical (unpaired) electrons. The summed E-state index contributed by atoms with van der Waals surface area (Å²) in [6.45, 7) is 4.01. The normalized spacial score (nSPS) is 15.9. The zero-order valence-corrected chi connectivity index (χ0v) is 13.7. The molecule has 0 aromatic heterocycles. The van der Waals surface area contributed by atoms with E-state index in [9.17, 15) is 14.4 Å². The van der Waals surface area contributed by atoms with E-state index in [1.165, 1.54) is 32.9 Å². The molecule has 1 aromatic carbocycles. The Bertz CT molecular complexity index is 698. The summed E-state index contributed by atoms with van der Waals surface area (Å²) in [6.07, 6.45) is 2.40. The minimum absolute atomic E-state index is 0.00995. The maximum atomic E-state index is 12.0. The average Bonchev–Trinajstić information content (AvgIpc) is 2.51. The number of carbonyl (C=O) groups is 3. The zero-order valence-electron chi connectivity index (χ0n) is 13.7. The smallest absolute Gasteiger partial charge is 0.336 e. The van der Waals surface area contributed by atoms with E-state index >= 15 is 0 Å². The zero-order chi connectivity index (χ0) is 17.7. The van der Waals surface area contributed by atoms with Gasteiger partial charge in [-0.2, -0.15) is 0 Å². The fraction of sp³-hybridized carbons (Fsp3) is 0.278. The van der Waals surface area contributed by atoms with E-state index in [0.29, 0.717) is 0 Å². The van der Waals surface area contributed by atoms with Gasteiger partial charge in [-0.1, -0.05) is 30.3 Å². The Hall–Kier alpha value is -2.89. The largest absolute Gasteiger partial charge is 0.484 e. The summed E-state index contributed by atoms with van der Waals surface area (Å²) in [6, 6.07) is 9.24. The summed E-state index contributed by atoms with van der Waals surface area (Å²) in [4.78, 5) is 35.0. The second-order valence-electron chi connectivity index (χ2n) is 5.28. The number of rotatable bonds is 5. The molecule has 0 fully saturated rings. The van der Waals surface area contributed by atoms with Crippen molar-refractivity contribution < 1.29 is 28.6 Å². The van der Waals surface area contributed by atoms with Crippen molar-refractivity contribution in [1.82, 2.24) is 0 Å². The number of esters is 2. The Morgan fingerprint density at radius 3 is 2.17 bits per heavy atom. The summed E-state index contributed by atoms with van der Waals surface area (Å²) in [7, 11) is 0. The van der Waals surface area contributed by atoms with Gasteiger partial charge in [-0.25, -0.2) is 0 Å². The van der Waals surface area contributed by atoms with Gasteiger partial charge in [0.1, 0.15) is 6.61 Å². The quantitative estimate of drug-likeness (QED) is 0.609. The Morgan fingerprint density at radius 2 is 1.62 bits per heavy atom. The molecule has 0 spiro atoms. The number of hydrogen-bond acceptors (Lipinski definition) is 6. The van der Waals surface area contributed by atoms with E-state index in [2.05, 4.69) is 0 Å². The lowest BCUT2D eigenvalue weighted by molar-refractivity contribution is -0.209. The number of allylic oxidation sites excluding steroid dienone is 2. The van der Waals surface area contributed by atoms with Crippen LogP contribution in [0.4, 0.5) is 0 Å². The topological polar surface area (TPSA) is 78.9 Å². The highest BCUT2D eigenvalue weighted by molar-refractivity contribution is 6.05. The molecule has 2 rings (SSSR count). The third-order valence-corrected chi connectivity index (χ3v) is 3.30. The number of ether oxygens (including phenoxy) is 3. The highest BCUT2D eigenvalue weighted by Gasteiger charge is 2.45. The van der Waals surface area contributed by atoms with Crippen LogP contribution in [-0.2, 0) is 35.2 Å². The number of ketones is 1. The molecule has 0 N–H and O–H groups in total. The van der Waals surface area contributed by atoms with Crippen molar-refractivity contribution in [2.24, 2.45) is 0 Å². The molecule has 0 bridgehead atoms. The van der Waals surface area contributed by atoms with Gasteiger partial charge in [0.25, 0.3) is 0 Å². The van der Waals surface area contributed by atoms with Crippen molar-refractivity contribution in [2.75, 3.05) is 0 Å². The standard InChI is InChI=1S/C18H18O6/c1-12-16(21)9-10-18(23-13(2)19,24-14(3)20)17(12)22-11-15-7-5-4-6-8-15/h4-10H,11H2,1-3H3. The summed E-state index contributed by atoms with van der Waals surface area (Å²) >= 11 is 0. The van der Waals surface area contributed by atoms with Crippen LogP contribution in [0.5, 0.6) is 0 Å². The van der Waals surface area contributed by atoms with Crippen LogP contribution in [0.1, 0.15) is 26.3 Å². The molecule has 0 atom stereocenters. The van der Waals surface area contributed by atoms with Gasteiger partial charge < -0.3 is 14.2 Å². The number of hydrogen-bond donors (Lipinski definition) is 0.